The van der Waals surface area contributed by atoms with Gasteiger partial charge >= 0.3 is 0 Å². The van der Waals surface area contributed by atoms with Gasteiger partial charge in [-0.2, -0.15) is 0 Å². The van der Waals surface area contributed by atoms with Crippen molar-refractivity contribution in [2.24, 2.45) is 5.92 Å². The van der Waals surface area contributed by atoms with Crippen LogP contribution in [0.15, 0.2) is 24.3 Å². The standard InChI is InChI=1S/C14H12FNO3/c15-14(6-5-11(17)16-13(14)19)10-7-8-3-1-2-4-9(8)12(10)18/h1-4,10H,5-7H2,(H,16,17,19). The zero-order valence-electron chi connectivity index (χ0n) is 10.1. The van der Waals surface area contributed by atoms with E-state index in [2.05, 4.69) is 0 Å². The number of alkyl halides is 1. The van der Waals surface area contributed by atoms with E-state index in [9.17, 15) is 18.8 Å². The molecule has 1 aliphatic carbocycles. The predicted octanol–water partition coefficient (Wildman–Crippen LogP) is 1.19. The van der Waals surface area contributed by atoms with E-state index in [-0.39, 0.29) is 25.0 Å². The van der Waals surface area contributed by atoms with Crippen molar-refractivity contribution in [3.05, 3.63) is 35.4 Å². The largest absolute Gasteiger partial charge is 0.294 e. The van der Waals surface area contributed by atoms with Crippen LogP contribution in [0.4, 0.5) is 4.39 Å². The van der Waals surface area contributed by atoms with Gasteiger partial charge in [0.1, 0.15) is 0 Å². The van der Waals surface area contributed by atoms with Gasteiger partial charge in [0.15, 0.2) is 11.5 Å². The summed E-state index contributed by atoms with van der Waals surface area (Å²) in [7, 11) is 0. The fraction of sp³-hybridized carbons (Fsp3) is 0.357. The first-order valence-corrected chi connectivity index (χ1v) is 6.17. The van der Waals surface area contributed by atoms with E-state index in [0.717, 1.165) is 5.56 Å². The average molecular weight is 261 g/mol. The Labute approximate surface area is 109 Å². The van der Waals surface area contributed by atoms with Gasteiger partial charge in [-0.05, 0) is 12.0 Å². The number of imide groups is 1. The molecule has 98 valence electrons. The monoisotopic (exact) mass is 261 g/mol. The van der Waals surface area contributed by atoms with Crippen molar-refractivity contribution in [3.8, 4) is 0 Å². The lowest BCUT2D eigenvalue weighted by atomic mass is 9.80. The second-order valence-corrected chi connectivity index (χ2v) is 5.02. The quantitative estimate of drug-likeness (QED) is 0.772. The average Bonchev–Trinajstić information content (AvgIpc) is 2.73. The molecule has 2 aliphatic rings. The summed E-state index contributed by atoms with van der Waals surface area (Å²) in [6.45, 7) is 0. The molecule has 1 aromatic carbocycles. The van der Waals surface area contributed by atoms with Crippen LogP contribution < -0.4 is 5.32 Å². The summed E-state index contributed by atoms with van der Waals surface area (Å²) in [5.74, 6) is -2.82. The number of Topliss-reactive ketones (excluding diaryl/α,β-unsaturated/α-hetero) is 1. The minimum Gasteiger partial charge on any atom is -0.294 e. The summed E-state index contributed by atoms with van der Waals surface area (Å²) in [6.07, 6.45) is -0.0719. The van der Waals surface area contributed by atoms with Gasteiger partial charge in [0.2, 0.25) is 5.91 Å². The summed E-state index contributed by atoms with van der Waals surface area (Å²) in [5.41, 5.74) is -1.03. The molecule has 1 heterocycles. The Bertz CT molecular complexity index is 598. The van der Waals surface area contributed by atoms with Crippen molar-refractivity contribution in [2.45, 2.75) is 24.9 Å². The van der Waals surface area contributed by atoms with Gasteiger partial charge in [0.25, 0.3) is 5.91 Å². The minimum atomic E-state index is -2.27. The van der Waals surface area contributed by atoms with E-state index >= 15 is 0 Å². The molecule has 0 bridgehead atoms. The second-order valence-electron chi connectivity index (χ2n) is 5.02. The van der Waals surface area contributed by atoms with Crippen molar-refractivity contribution in [1.82, 2.24) is 5.32 Å². The fourth-order valence-electron chi connectivity index (χ4n) is 2.84. The molecule has 1 fully saturated rings. The smallest absolute Gasteiger partial charge is 0.265 e. The first kappa shape index (κ1) is 12.0. The number of hydrogen-bond donors (Lipinski definition) is 1. The molecule has 19 heavy (non-hydrogen) atoms. The Hall–Kier alpha value is -2.04. The molecule has 0 saturated carbocycles. The number of ketones is 1. The van der Waals surface area contributed by atoms with Crippen molar-refractivity contribution in [2.75, 3.05) is 0 Å². The number of nitrogens with one attached hydrogen (secondary N) is 1. The molecule has 2 unspecified atom stereocenters. The second kappa shape index (κ2) is 3.98. The van der Waals surface area contributed by atoms with Crippen LogP contribution in [0.25, 0.3) is 0 Å². The zero-order chi connectivity index (χ0) is 13.6. The number of hydrogen-bond acceptors (Lipinski definition) is 3. The number of carbonyl (C=O) groups excluding carboxylic acids is 3. The maximum absolute atomic E-state index is 14.9. The molecule has 2 atom stereocenters. The molecule has 1 N–H and O–H groups in total. The highest BCUT2D eigenvalue weighted by Gasteiger charge is 2.54. The van der Waals surface area contributed by atoms with E-state index in [0.29, 0.717) is 5.56 Å². The van der Waals surface area contributed by atoms with Gasteiger partial charge in [-0.15, -0.1) is 0 Å². The highest BCUT2D eigenvalue weighted by molar-refractivity contribution is 6.09. The lowest BCUT2D eigenvalue weighted by Gasteiger charge is -2.31. The molecule has 1 aliphatic heterocycles. The summed E-state index contributed by atoms with van der Waals surface area (Å²) < 4.78 is 14.9. The molecule has 0 aromatic heterocycles. The highest BCUT2D eigenvalue weighted by atomic mass is 19.1. The Morgan fingerprint density at radius 3 is 2.63 bits per heavy atom. The summed E-state index contributed by atoms with van der Waals surface area (Å²) in [6, 6.07) is 6.91. The predicted molar refractivity (Wildman–Crippen MR) is 64.2 cm³/mol. The first-order chi connectivity index (χ1) is 9.02. The Morgan fingerprint density at radius 2 is 1.95 bits per heavy atom. The van der Waals surface area contributed by atoms with Gasteiger partial charge in [-0.25, -0.2) is 4.39 Å². The van der Waals surface area contributed by atoms with Gasteiger partial charge in [0, 0.05) is 18.4 Å². The number of piperidine rings is 1. The molecular weight excluding hydrogens is 249 g/mol. The topological polar surface area (TPSA) is 63.2 Å². The van der Waals surface area contributed by atoms with Crippen LogP contribution in [0.1, 0.15) is 28.8 Å². The normalized spacial score (nSPS) is 30.2. The van der Waals surface area contributed by atoms with E-state index < -0.39 is 23.4 Å². The molecular formula is C14H12FNO3. The van der Waals surface area contributed by atoms with Crippen LogP contribution in [0, 0.1) is 5.92 Å². The van der Waals surface area contributed by atoms with Crippen LogP contribution in [0.5, 0.6) is 0 Å². The van der Waals surface area contributed by atoms with Gasteiger partial charge in [-0.3, -0.25) is 19.7 Å². The molecule has 1 saturated heterocycles. The third kappa shape index (κ3) is 1.69. The van der Waals surface area contributed by atoms with Crippen LogP contribution >= 0.6 is 0 Å². The third-order valence-corrected chi connectivity index (χ3v) is 3.92. The molecule has 3 rings (SSSR count). The lowest BCUT2D eigenvalue weighted by molar-refractivity contribution is -0.146. The number of amides is 2. The lowest BCUT2D eigenvalue weighted by Crippen LogP contribution is -2.56. The van der Waals surface area contributed by atoms with Crippen LogP contribution in [-0.2, 0) is 16.0 Å². The van der Waals surface area contributed by atoms with E-state index in [1.54, 1.807) is 24.3 Å². The van der Waals surface area contributed by atoms with Gasteiger partial charge in [-0.1, -0.05) is 24.3 Å². The number of benzene rings is 1. The maximum atomic E-state index is 14.9. The molecule has 2 amide bonds. The van der Waals surface area contributed by atoms with Crippen LogP contribution in [0.3, 0.4) is 0 Å². The molecule has 4 nitrogen and oxygen atoms in total. The molecule has 0 spiro atoms. The van der Waals surface area contributed by atoms with Gasteiger partial charge in [0.05, 0.1) is 5.92 Å². The van der Waals surface area contributed by atoms with Crippen molar-refractivity contribution < 1.29 is 18.8 Å². The van der Waals surface area contributed by atoms with Crippen molar-refractivity contribution >= 4 is 17.6 Å². The fourth-order valence-corrected chi connectivity index (χ4v) is 2.84. The Morgan fingerprint density at radius 1 is 1.21 bits per heavy atom. The van der Waals surface area contributed by atoms with E-state index in [1.807, 2.05) is 5.32 Å². The van der Waals surface area contributed by atoms with E-state index in [4.69, 9.17) is 0 Å². The third-order valence-electron chi connectivity index (χ3n) is 3.92. The number of rotatable bonds is 1. The molecule has 0 radical (unpaired) electrons. The number of halogens is 1. The van der Waals surface area contributed by atoms with Gasteiger partial charge < -0.3 is 0 Å². The van der Waals surface area contributed by atoms with Crippen LogP contribution in [-0.4, -0.2) is 23.3 Å². The van der Waals surface area contributed by atoms with Crippen LogP contribution in [0.2, 0.25) is 0 Å². The number of fused-ring (bicyclic) bond motifs is 1. The summed E-state index contributed by atoms with van der Waals surface area (Å²) >= 11 is 0. The zero-order valence-corrected chi connectivity index (χ0v) is 10.1. The summed E-state index contributed by atoms with van der Waals surface area (Å²) in [4.78, 5) is 35.1. The SMILES string of the molecule is O=C1CCC(F)(C2Cc3ccccc3C2=O)C(=O)N1. The number of carbonyl (C=O) groups is 3. The molecule has 5 heteroatoms. The maximum Gasteiger partial charge on any atom is 0.265 e. The van der Waals surface area contributed by atoms with Crippen molar-refractivity contribution in [3.63, 3.8) is 0 Å². The Kier molecular flexibility index (Phi) is 2.52. The Balaban J connectivity index is 1.95. The molecule has 1 aromatic rings. The summed E-state index contributed by atoms with van der Waals surface area (Å²) in [5, 5.41) is 1.99. The van der Waals surface area contributed by atoms with Crippen molar-refractivity contribution in [1.29, 1.82) is 0 Å². The minimum absolute atomic E-state index is 0.0671. The highest BCUT2D eigenvalue weighted by Crippen LogP contribution is 2.40. The van der Waals surface area contributed by atoms with E-state index in [1.165, 1.54) is 0 Å². The first-order valence-electron chi connectivity index (χ1n) is 6.17.